The minimum atomic E-state index is -4.51. The van der Waals surface area contributed by atoms with Crippen molar-refractivity contribution in [1.29, 1.82) is 0 Å². The van der Waals surface area contributed by atoms with Crippen LogP contribution in [-0.4, -0.2) is 9.72 Å². The maximum Gasteiger partial charge on any atom is 0.417 e. The number of pyridine rings is 1. The van der Waals surface area contributed by atoms with Crippen molar-refractivity contribution in [2.45, 2.75) is 12.7 Å². The van der Waals surface area contributed by atoms with Crippen molar-refractivity contribution < 1.29 is 17.7 Å². The van der Waals surface area contributed by atoms with Gasteiger partial charge in [0.1, 0.15) is 5.69 Å². The molecule has 0 spiro atoms. The van der Waals surface area contributed by atoms with Crippen LogP contribution >= 0.6 is 0 Å². The van der Waals surface area contributed by atoms with E-state index in [2.05, 4.69) is 5.16 Å². The lowest BCUT2D eigenvalue weighted by Gasteiger charge is -2.09. The fraction of sp³-hybridized carbons (Fsp3) is 0.125. The summed E-state index contributed by atoms with van der Waals surface area (Å²) >= 11 is 0. The third-order valence-corrected chi connectivity index (χ3v) is 3.27. The zero-order chi connectivity index (χ0) is 16.4. The minimum absolute atomic E-state index is 0.122. The van der Waals surface area contributed by atoms with Gasteiger partial charge in [-0.05, 0) is 6.07 Å². The zero-order valence-corrected chi connectivity index (χ0v) is 11.7. The van der Waals surface area contributed by atoms with Gasteiger partial charge in [-0.3, -0.25) is 4.79 Å². The standard InChI is InChI=1S/C16H11F3N2O2/c17-16(18,19)12-6-7-15(22)21(9-12)10-13-8-14(20-23-13)11-4-2-1-3-5-11/h1-9H,10H2. The van der Waals surface area contributed by atoms with Crippen LogP contribution in [-0.2, 0) is 12.7 Å². The van der Waals surface area contributed by atoms with Crippen molar-refractivity contribution in [2.24, 2.45) is 0 Å². The molecule has 3 rings (SSSR count). The summed E-state index contributed by atoms with van der Waals surface area (Å²) in [6.07, 6.45) is -3.74. The van der Waals surface area contributed by atoms with E-state index in [0.29, 0.717) is 11.5 Å². The van der Waals surface area contributed by atoms with Crippen LogP contribution in [0.5, 0.6) is 0 Å². The molecule has 0 aliphatic carbocycles. The number of benzene rings is 1. The molecule has 0 bridgehead atoms. The van der Waals surface area contributed by atoms with Crippen molar-refractivity contribution in [3.05, 3.63) is 76.4 Å². The van der Waals surface area contributed by atoms with Crippen LogP contribution in [0.15, 0.2) is 64.0 Å². The van der Waals surface area contributed by atoms with Crippen LogP contribution in [0.1, 0.15) is 11.3 Å². The van der Waals surface area contributed by atoms with Crippen LogP contribution in [0.3, 0.4) is 0 Å². The summed E-state index contributed by atoms with van der Waals surface area (Å²) in [5, 5.41) is 3.87. The number of rotatable bonds is 3. The van der Waals surface area contributed by atoms with Gasteiger partial charge < -0.3 is 9.09 Å². The monoisotopic (exact) mass is 320 g/mol. The Morgan fingerprint density at radius 1 is 1.09 bits per heavy atom. The molecule has 2 heterocycles. The van der Waals surface area contributed by atoms with Gasteiger partial charge in [-0.15, -0.1) is 0 Å². The first kappa shape index (κ1) is 15.1. The molecule has 23 heavy (non-hydrogen) atoms. The summed E-state index contributed by atoms with van der Waals surface area (Å²) in [6.45, 7) is -0.122. The lowest BCUT2D eigenvalue weighted by molar-refractivity contribution is -0.138. The van der Waals surface area contributed by atoms with Gasteiger partial charge in [0.25, 0.3) is 5.56 Å². The molecular formula is C16H11F3N2O2. The quantitative estimate of drug-likeness (QED) is 0.741. The van der Waals surface area contributed by atoms with Crippen molar-refractivity contribution in [1.82, 2.24) is 9.72 Å². The molecule has 0 radical (unpaired) electrons. The second-order valence-corrected chi connectivity index (χ2v) is 4.93. The molecule has 0 aliphatic rings. The van der Waals surface area contributed by atoms with Gasteiger partial charge >= 0.3 is 6.18 Å². The van der Waals surface area contributed by atoms with Gasteiger partial charge in [-0.1, -0.05) is 35.5 Å². The van der Waals surface area contributed by atoms with Crippen LogP contribution in [0.25, 0.3) is 11.3 Å². The Hall–Kier alpha value is -2.83. The van der Waals surface area contributed by atoms with E-state index in [4.69, 9.17) is 4.52 Å². The Labute approximate surface area is 128 Å². The Bertz CT molecular complexity index is 867. The average molecular weight is 320 g/mol. The Morgan fingerprint density at radius 2 is 1.83 bits per heavy atom. The molecule has 3 aromatic rings. The number of alkyl halides is 3. The normalized spacial score (nSPS) is 11.6. The lowest BCUT2D eigenvalue weighted by atomic mass is 10.1. The summed E-state index contributed by atoms with van der Waals surface area (Å²) in [6, 6.07) is 12.4. The molecule has 4 nitrogen and oxygen atoms in total. The third-order valence-electron chi connectivity index (χ3n) is 3.27. The second kappa shape index (κ2) is 5.75. The first-order chi connectivity index (χ1) is 10.9. The summed E-state index contributed by atoms with van der Waals surface area (Å²) in [5.74, 6) is 0.297. The molecule has 1 aromatic carbocycles. The molecule has 0 N–H and O–H groups in total. The molecule has 118 valence electrons. The summed E-state index contributed by atoms with van der Waals surface area (Å²) in [4.78, 5) is 11.7. The molecule has 0 fully saturated rings. The summed E-state index contributed by atoms with van der Waals surface area (Å²) in [5.41, 5.74) is -0.0601. The highest BCUT2D eigenvalue weighted by Crippen LogP contribution is 2.28. The smallest absolute Gasteiger partial charge is 0.359 e. The van der Waals surface area contributed by atoms with Crippen LogP contribution in [0.4, 0.5) is 13.2 Å². The molecule has 2 aromatic heterocycles. The first-order valence-corrected chi connectivity index (χ1v) is 6.72. The van der Waals surface area contributed by atoms with Gasteiger partial charge in [-0.25, -0.2) is 0 Å². The highest BCUT2D eigenvalue weighted by Gasteiger charge is 2.31. The molecule has 0 saturated heterocycles. The molecule has 0 aliphatic heterocycles. The number of hydrogen-bond acceptors (Lipinski definition) is 3. The fourth-order valence-electron chi connectivity index (χ4n) is 2.12. The highest BCUT2D eigenvalue weighted by atomic mass is 19.4. The van der Waals surface area contributed by atoms with Gasteiger partial charge in [0.05, 0.1) is 12.1 Å². The zero-order valence-electron chi connectivity index (χ0n) is 11.7. The third kappa shape index (κ3) is 3.33. The Kier molecular flexibility index (Phi) is 3.77. The molecule has 7 heteroatoms. The van der Waals surface area contributed by atoms with E-state index in [1.54, 1.807) is 6.07 Å². The van der Waals surface area contributed by atoms with E-state index >= 15 is 0 Å². The first-order valence-electron chi connectivity index (χ1n) is 6.72. The van der Waals surface area contributed by atoms with Crippen molar-refractivity contribution in [3.8, 4) is 11.3 Å². The van der Waals surface area contributed by atoms with Crippen molar-refractivity contribution in [2.75, 3.05) is 0 Å². The second-order valence-electron chi connectivity index (χ2n) is 4.93. The number of hydrogen-bond donors (Lipinski definition) is 0. The molecule has 0 saturated carbocycles. The Balaban J connectivity index is 1.89. The van der Waals surface area contributed by atoms with Gasteiger partial charge in [0, 0.05) is 23.9 Å². The SMILES string of the molecule is O=c1ccc(C(F)(F)F)cn1Cc1cc(-c2ccccc2)no1. The number of halogens is 3. The Morgan fingerprint density at radius 3 is 2.52 bits per heavy atom. The fourth-order valence-corrected chi connectivity index (χ4v) is 2.12. The van der Waals surface area contributed by atoms with Crippen molar-refractivity contribution in [3.63, 3.8) is 0 Å². The summed E-state index contributed by atoms with van der Waals surface area (Å²) < 4.78 is 44.2. The largest absolute Gasteiger partial charge is 0.417 e. The van der Waals surface area contributed by atoms with E-state index < -0.39 is 17.3 Å². The van der Waals surface area contributed by atoms with E-state index in [0.717, 1.165) is 28.5 Å². The molecule has 0 unspecified atom stereocenters. The van der Waals surface area contributed by atoms with Crippen LogP contribution < -0.4 is 5.56 Å². The topological polar surface area (TPSA) is 48.0 Å². The van der Waals surface area contributed by atoms with E-state index in [-0.39, 0.29) is 6.54 Å². The number of aromatic nitrogens is 2. The van der Waals surface area contributed by atoms with E-state index in [9.17, 15) is 18.0 Å². The predicted molar refractivity (Wildman–Crippen MR) is 76.7 cm³/mol. The van der Waals surface area contributed by atoms with Crippen LogP contribution in [0.2, 0.25) is 0 Å². The molecule has 0 atom stereocenters. The van der Waals surface area contributed by atoms with Gasteiger partial charge in [0.15, 0.2) is 5.76 Å². The highest BCUT2D eigenvalue weighted by molar-refractivity contribution is 5.58. The van der Waals surface area contributed by atoms with E-state index in [1.165, 1.54) is 0 Å². The number of nitrogens with zero attached hydrogens (tertiary/aromatic N) is 2. The molecular weight excluding hydrogens is 309 g/mol. The maximum atomic E-state index is 12.7. The van der Waals surface area contributed by atoms with Crippen LogP contribution in [0, 0.1) is 0 Å². The van der Waals surface area contributed by atoms with Crippen molar-refractivity contribution >= 4 is 0 Å². The average Bonchev–Trinajstić information content (AvgIpc) is 2.98. The molecule has 0 amide bonds. The predicted octanol–water partition coefficient (Wildman–Crippen LogP) is 3.57. The summed E-state index contributed by atoms with van der Waals surface area (Å²) in [7, 11) is 0. The van der Waals surface area contributed by atoms with Gasteiger partial charge in [0.2, 0.25) is 0 Å². The maximum absolute atomic E-state index is 12.7. The minimum Gasteiger partial charge on any atom is -0.359 e. The lowest BCUT2D eigenvalue weighted by Crippen LogP contribution is -2.21. The van der Waals surface area contributed by atoms with Gasteiger partial charge in [-0.2, -0.15) is 13.2 Å². The van der Waals surface area contributed by atoms with E-state index in [1.807, 2.05) is 30.3 Å².